The lowest BCUT2D eigenvalue weighted by Crippen LogP contribution is -2.47. The van der Waals surface area contributed by atoms with E-state index >= 15 is 4.39 Å². The van der Waals surface area contributed by atoms with E-state index in [1.807, 2.05) is 6.07 Å². The van der Waals surface area contributed by atoms with Crippen molar-refractivity contribution < 1.29 is 51.6 Å². The Morgan fingerprint density at radius 3 is 2.55 bits per heavy atom. The van der Waals surface area contributed by atoms with Crippen LogP contribution in [-0.4, -0.2) is 74.4 Å². The van der Waals surface area contributed by atoms with E-state index in [-0.39, 0.29) is 36.1 Å². The number of nitriles is 1. The molecule has 2 aromatic carbocycles. The molecular formula is C33H31F3N4O8S. The number of ether oxygens (including phenoxy) is 4. The number of hydrogen-bond acceptors (Lipinski definition) is 11. The van der Waals surface area contributed by atoms with Gasteiger partial charge in [-0.25, -0.2) is 27.6 Å². The van der Waals surface area contributed by atoms with E-state index in [0.717, 1.165) is 18.2 Å². The van der Waals surface area contributed by atoms with E-state index in [0.29, 0.717) is 11.6 Å². The van der Waals surface area contributed by atoms with Gasteiger partial charge >= 0.3 is 17.9 Å². The fourth-order valence-electron chi connectivity index (χ4n) is 4.78. The van der Waals surface area contributed by atoms with Crippen LogP contribution in [-0.2, 0) is 45.5 Å². The Balaban J connectivity index is 1.48. The number of carboxylic acid groups (broad SMARTS) is 1. The zero-order chi connectivity index (χ0) is 35.4. The number of carbonyl (C=O) groups excluding carboxylic acids is 2. The molecule has 1 saturated heterocycles. The summed E-state index contributed by atoms with van der Waals surface area (Å²) in [5.74, 6) is -5.65. The molecule has 0 radical (unpaired) electrons. The highest BCUT2D eigenvalue weighted by molar-refractivity contribution is 8.00. The molecule has 0 spiro atoms. The monoisotopic (exact) mass is 700 g/mol. The van der Waals surface area contributed by atoms with Crippen LogP contribution in [0.1, 0.15) is 36.5 Å². The maximum Gasteiger partial charge on any atom is 0.345 e. The smallest absolute Gasteiger partial charge is 0.345 e. The molecule has 1 aliphatic rings. The molecule has 16 heteroatoms. The van der Waals surface area contributed by atoms with Crippen LogP contribution in [0.3, 0.4) is 0 Å². The van der Waals surface area contributed by atoms with Crippen molar-refractivity contribution in [1.29, 1.82) is 5.26 Å². The molecule has 2 heterocycles. The van der Waals surface area contributed by atoms with E-state index in [1.165, 1.54) is 47.3 Å². The van der Waals surface area contributed by atoms with Crippen LogP contribution in [0.5, 0.6) is 0 Å². The van der Waals surface area contributed by atoms with Gasteiger partial charge in [-0.1, -0.05) is 24.3 Å². The Morgan fingerprint density at radius 2 is 1.90 bits per heavy atom. The van der Waals surface area contributed by atoms with Crippen molar-refractivity contribution in [2.75, 3.05) is 19.8 Å². The largest absolute Gasteiger partial charge is 0.481 e. The number of benzene rings is 2. The van der Waals surface area contributed by atoms with Crippen molar-refractivity contribution in [3.05, 3.63) is 101 Å². The van der Waals surface area contributed by atoms with E-state index in [9.17, 15) is 23.2 Å². The summed E-state index contributed by atoms with van der Waals surface area (Å²) in [6.07, 6.45) is 7.18. The second-order valence-corrected chi connectivity index (χ2v) is 12.3. The minimum absolute atomic E-state index is 0.165. The first kappa shape index (κ1) is 36.8. The number of allylic oxidation sites excluding steroid dienone is 2. The molecule has 49 heavy (non-hydrogen) atoms. The summed E-state index contributed by atoms with van der Waals surface area (Å²) in [5.41, 5.74) is -1.53. The maximum absolute atomic E-state index is 15.5. The molecular weight excluding hydrogens is 669 g/mol. The van der Waals surface area contributed by atoms with Gasteiger partial charge < -0.3 is 24.1 Å². The van der Waals surface area contributed by atoms with E-state index in [1.54, 1.807) is 25.2 Å². The number of carbonyl (C=O) groups is 3. The van der Waals surface area contributed by atoms with E-state index in [4.69, 9.17) is 29.3 Å². The summed E-state index contributed by atoms with van der Waals surface area (Å²) < 4.78 is 67.3. The van der Waals surface area contributed by atoms with E-state index in [2.05, 4.69) is 10.1 Å². The fourth-order valence-corrected chi connectivity index (χ4v) is 6.14. The average Bonchev–Trinajstić information content (AvgIpc) is 3.58. The molecule has 0 saturated carbocycles. The first-order valence-corrected chi connectivity index (χ1v) is 15.7. The third-order valence-electron chi connectivity index (χ3n) is 7.17. The van der Waals surface area contributed by atoms with Gasteiger partial charge in [0.05, 0.1) is 49.5 Å². The van der Waals surface area contributed by atoms with Gasteiger partial charge in [-0.15, -0.1) is 11.8 Å². The molecule has 4 rings (SSSR count). The molecule has 1 fully saturated rings. The fraction of sp³-hybridized carbons (Fsp3) is 0.333. The Morgan fingerprint density at radius 1 is 1.12 bits per heavy atom. The van der Waals surface area contributed by atoms with Crippen molar-refractivity contribution >= 4 is 35.7 Å². The number of esters is 2. The second-order valence-electron chi connectivity index (χ2n) is 10.7. The summed E-state index contributed by atoms with van der Waals surface area (Å²) in [4.78, 5) is 39.7. The normalized spacial score (nSPS) is 18.1. The molecule has 0 unspecified atom stereocenters. The Labute approximate surface area is 283 Å². The number of carboxylic acids is 1. The first-order valence-electron chi connectivity index (χ1n) is 14.8. The Bertz CT molecular complexity index is 1720. The number of rotatable bonds is 15. The molecule has 1 aromatic heterocycles. The summed E-state index contributed by atoms with van der Waals surface area (Å²) in [6, 6.07) is 8.82. The van der Waals surface area contributed by atoms with Gasteiger partial charge in [0.25, 0.3) is 0 Å². The average molecular weight is 701 g/mol. The Hall–Kier alpha value is -4.98. The van der Waals surface area contributed by atoms with Crippen molar-refractivity contribution in [2.45, 2.75) is 48.7 Å². The number of aliphatic carboxylic acids is 1. The predicted octanol–water partition coefficient (Wildman–Crippen LogP) is 4.55. The molecule has 258 valence electrons. The minimum atomic E-state index is -1.86. The molecule has 3 aromatic rings. The summed E-state index contributed by atoms with van der Waals surface area (Å²) in [6.45, 7) is 0.828. The lowest BCUT2D eigenvalue weighted by molar-refractivity contribution is -0.173. The van der Waals surface area contributed by atoms with Crippen LogP contribution in [0.25, 0.3) is 6.08 Å². The molecule has 1 N–H and O–H groups in total. The van der Waals surface area contributed by atoms with Gasteiger partial charge in [0.1, 0.15) is 30.1 Å². The molecule has 0 bridgehead atoms. The third kappa shape index (κ3) is 10.5. The SMILES string of the molecule is C[C@@H](S[C@H]1CO[C@H](/C=C/C=C/c2ccc(C#N)cc2F)OC1)[C@@](Cn1cncn1)(OC(=O)COC(=O)CCC(=O)O)c1ccc(F)cc1F. The minimum Gasteiger partial charge on any atom is -0.481 e. The van der Waals surface area contributed by atoms with Gasteiger partial charge in [-0.05, 0) is 37.3 Å². The number of nitrogens with zero attached hydrogens (tertiary/aromatic N) is 4. The molecule has 1 aliphatic heterocycles. The summed E-state index contributed by atoms with van der Waals surface area (Å²) >= 11 is 1.24. The maximum atomic E-state index is 15.5. The topological polar surface area (TPSA) is 163 Å². The first-order chi connectivity index (χ1) is 23.5. The van der Waals surface area contributed by atoms with Crippen LogP contribution in [0.15, 0.2) is 67.3 Å². The molecule has 2 atom stereocenters. The van der Waals surface area contributed by atoms with Crippen LogP contribution >= 0.6 is 11.8 Å². The quantitative estimate of drug-likeness (QED) is 0.174. The van der Waals surface area contributed by atoms with Gasteiger partial charge in [-0.2, -0.15) is 10.4 Å². The van der Waals surface area contributed by atoms with Crippen LogP contribution < -0.4 is 0 Å². The van der Waals surface area contributed by atoms with E-state index < -0.39 is 71.9 Å². The zero-order valence-corrected chi connectivity index (χ0v) is 26.9. The highest BCUT2D eigenvalue weighted by Gasteiger charge is 2.47. The van der Waals surface area contributed by atoms with Crippen molar-refractivity contribution in [1.82, 2.24) is 14.8 Å². The highest BCUT2D eigenvalue weighted by Crippen LogP contribution is 2.42. The van der Waals surface area contributed by atoms with Crippen LogP contribution in [0, 0.1) is 28.8 Å². The number of thioether (sulfide) groups is 1. The molecule has 0 aliphatic carbocycles. The van der Waals surface area contributed by atoms with Crippen molar-refractivity contribution in [3.63, 3.8) is 0 Å². The lowest BCUT2D eigenvalue weighted by Gasteiger charge is -2.40. The van der Waals surface area contributed by atoms with Crippen molar-refractivity contribution in [2.24, 2.45) is 0 Å². The van der Waals surface area contributed by atoms with Crippen molar-refractivity contribution in [3.8, 4) is 6.07 Å². The van der Waals surface area contributed by atoms with Gasteiger partial charge in [-0.3, -0.25) is 9.59 Å². The summed E-state index contributed by atoms with van der Waals surface area (Å²) in [7, 11) is 0. The van der Waals surface area contributed by atoms with Crippen LogP contribution in [0.4, 0.5) is 13.2 Å². The number of halogens is 3. The van der Waals surface area contributed by atoms with Gasteiger partial charge in [0, 0.05) is 22.4 Å². The third-order valence-corrected chi connectivity index (χ3v) is 8.62. The molecule has 12 nitrogen and oxygen atoms in total. The Kier molecular flexibility index (Phi) is 13.1. The highest BCUT2D eigenvalue weighted by atomic mass is 32.2. The van der Waals surface area contributed by atoms with Crippen LogP contribution in [0.2, 0.25) is 0 Å². The predicted molar refractivity (Wildman–Crippen MR) is 168 cm³/mol. The zero-order valence-electron chi connectivity index (χ0n) is 26.0. The number of hydrogen-bond donors (Lipinski definition) is 1. The number of aromatic nitrogens is 3. The lowest BCUT2D eigenvalue weighted by atomic mass is 9.89. The second kappa shape index (κ2) is 17.4. The van der Waals surface area contributed by atoms with Gasteiger partial charge in [0.15, 0.2) is 18.5 Å². The summed E-state index contributed by atoms with van der Waals surface area (Å²) in [5, 5.41) is 20.6. The molecule has 0 amide bonds. The van der Waals surface area contributed by atoms with Gasteiger partial charge in [0.2, 0.25) is 0 Å². The standard InChI is InChI=1S/C33H31F3N4O8S/c1-21(49-25-15-46-32(47-16-25)5-3-2-4-23-7-6-22(14-37)12-27(23)35)33(18-40-20-38-19-39-40,26-9-8-24(34)13-28(26)36)48-31(44)17-45-30(43)11-10-29(41)42/h2-9,12-13,19-21,25,32H,10-11,15-18H2,1H3,(H,41,42)/b4-2+,5-3+/t21-,25-,32-,33-/m1/s1.